The zero-order valence-electron chi connectivity index (χ0n) is 11.5. The molecule has 1 saturated carbocycles. The van der Waals surface area contributed by atoms with E-state index < -0.39 is 21.2 Å². The topological polar surface area (TPSA) is 37.4 Å². The molecule has 1 aliphatic heterocycles. The van der Waals surface area contributed by atoms with E-state index in [0.29, 0.717) is 13.1 Å². The van der Waals surface area contributed by atoms with Gasteiger partial charge in [0.05, 0.1) is 5.25 Å². The van der Waals surface area contributed by atoms with E-state index in [0.717, 1.165) is 12.0 Å². The normalized spacial score (nSPS) is 26.7. The molecule has 1 fully saturated rings. The lowest BCUT2D eigenvalue weighted by Crippen LogP contribution is -2.44. The molecule has 3 nitrogen and oxygen atoms in total. The molecular formula is C13H21F2NO2S. The summed E-state index contributed by atoms with van der Waals surface area (Å²) in [6.45, 7) is 4.85. The van der Waals surface area contributed by atoms with Crippen molar-refractivity contribution in [2.75, 3.05) is 13.1 Å². The van der Waals surface area contributed by atoms with E-state index in [-0.39, 0.29) is 25.7 Å². The van der Waals surface area contributed by atoms with E-state index in [1.807, 2.05) is 13.8 Å². The minimum atomic E-state index is -3.43. The van der Waals surface area contributed by atoms with Crippen molar-refractivity contribution in [3.63, 3.8) is 0 Å². The molecule has 0 spiro atoms. The van der Waals surface area contributed by atoms with Gasteiger partial charge < -0.3 is 0 Å². The van der Waals surface area contributed by atoms with E-state index in [1.165, 1.54) is 9.88 Å². The van der Waals surface area contributed by atoms with E-state index in [1.54, 1.807) is 0 Å². The van der Waals surface area contributed by atoms with E-state index in [4.69, 9.17) is 0 Å². The van der Waals surface area contributed by atoms with Gasteiger partial charge in [0.1, 0.15) is 0 Å². The number of sulfonamides is 1. The number of nitrogens with zero attached hydrogens (tertiary/aromatic N) is 1. The van der Waals surface area contributed by atoms with Gasteiger partial charge in [0.15, 0.2) is 0 Å². The van der Waals surface area contributed by atoms with Crippen LogP contribution in [-0.2, 0) is 10.0 Å². The number of hydrogen-bond acceptors (Lipinski definition) is 2. The van der Waals surface area contributed by atoms with Gasteiger partial charge in [0.2, 0.25) is 15.9 Å². The van der Waals surface area contributed by atoms with Crippen LogP contribution >= 0.6 is 0 Å². The lowest BCUT2D eigenvalue weighted by Gasteiger charge is -2.34. The van der Waals surface area contributed by atoms with E-state index in [2.05, 4.69) is 0 Å². The van der Waals surface area contributed by atoms with Crippen molar-refractivity contribution in [3.05, 3.63) is 11.1 Å². The maximum absolute atomic E-state index is 13.1. The van der Waals surface area contributed by atoms with Gasteiger partial charge in [-0.3, -0.25) is 0 Å². The molecule has 2 aliphatic rings. The first-order chi connectivity index (χ1) is 8.72. The molecule has 0 aromatic rings. The van der Waals surface area contributed by atoms with Gasteiger partial charge in [-0.1, -0.05) is 11.1 Å². The van der Waals surface area contributed by atoms with Crippen LogP contribution in [0.1, 0.15) is 46.0 Å². The zero-order chi connectivity index (χ0) is 14.3. The van der Waals surface area contributed by atoms with Crippen molar-refractivity contribution in [2.24, 2.45) is 0 Å². The molecule has 0 bridgehead atoms. The molecule has 0 N–H and O–H groups in total. The Kier molecular flexibility index (Phi) is 4.02. The van der Waals surface area contributed by atoms with Crippen molar-refractivity contribution in [3.8, 4) is 0 Å². The Morgan fingerprint density at radius 2 is 1.74 bits per heavy atom. The number of halogens is 2. The minimum Gasteiger partial charge on any atom is -0.212 e. The average molecular weight is 293 g/mol. The molecule has 0 amide bonds. The molecule has 0 radical (unpaired) electrons. The van der Waals surface area contributed by atoms with Crippen LogP contribution in [0.4, 0.5) is 8.78 Å². The van der Waals surface area contributed by atoms with Crippen molar-refractivity contribution in [1.82, 2.24) is 4.31 Å². The predicted octanol–water partition coefficient (Wildman–Crippen LogP) is 2.94. The predicted molar refractivity (Wildman–Crippen MR) is 70.7 cm³/mol. The van der Waals surface area contributed by atoms with Gasteiger partial charge in [0.25, 0.3) is 0 Å². The smallest absolute Gasteiger partial charge is 0.212 e. The van der Waals surface area contributed by atoms with Crippen LogP contribution in [0.15, 0.2) is 11.1 Å². The lowest BCUT2D eigenvalue weighted by molar-refractivity contribution is -0.0331. The Morgan fingerprint density at radius 3 is 2.26 bits per heavy atom. The van der Waals surface area contributed by atoms with Crippen LogP contribution in [0.3, 0.4) is 0 Å². The third kappa shape index (κ3) is 3.16. The first-order valence-corrected chi connectivity index (χ1v) is 8.25. The standard InChI is InChI=1S/C13H21F2NO2S/c1-10-5-8-16(9-11(10)2)19(17,18)12-3-6-13(14,15)7-4-12/h12H,3-9H2,1-2H3. The SMILES string of the molecule is CC1=C(C)CN(S(=O)(=O)C2CCC(F)(F)CC2)CC1. The molecular weight excluding hydrogens is 272 g/mol. The highest BCUT2D eigenvalue weighted by molar-refractivity contribution is 7.89. The third-order valence-corrected chi connectivity index (χ3v) is 6.67. The highest BCUT2D eigenvalue weighted by Crippen LogP contribution is 2.37. The minimum absolute atomic E-state index is 0.0770. The second-order valence-electron chi connectivity index (χ2n) is 5.74. The Balaban J connectivity index is 2.08. The highest BCUT2D eigenvalue weighted by Gasteiger charge is 2.42. The average Bonchev–Trinajstić information content (AvgIpc) is 2.32. The van der Waals surface area contributed by atoms with Crippen LogP contribution in [0, 0.1) is 0 Å². The Labute approximate surface area is 113 Å². The summed E-state index contributed by atoms with van der Waals surface area (Å²) >= 11 is 0. The number of alkyl halides is 2. The van der Waals surface area contributed by atoms with E-state index >= 15 is 0 Å². The molecule has 0 saturated heterocycles. The van der Waals surface area contributed by atoms with Gasteiger partial charge in [0, 0.05) is 25.9 Å². The molecule has 0 unspecified atom stereocenters. The maximum Gasteiger partial charge on any atom is 0.248 e. The van der Waals surface area contributed by atoms with Crippen molar-refractivity contribution >= 4 is 10.0 Å². The fourth-order valence-electron chi connectivity index (χ4n) is 2.72. The second-order valence-corrected chi connectivity index (χ2v) is 7.96. The van der Waals surface area contributed by atoms with E-state index in [9.17, 15) is 17.2 Å². The molecule has 6 heteroatoms. The summed E-state index contributed by atoms with van der Waals surface area (Å²) in [7, 11) is -3.43. The largest absolute Gasteiger partial charge is 0.248 e. The lowest BCUT2D eigenvalue weighted by atomic mass is 9.96. The van der Waals surface area contributed by atoms with Crippen LogP contribution < -0.4 is 0 Å². The van der Waals surface area contributed by atoms with Crippen molar-refractivity contribution < 1.29 is 17.2 Å². The summed E-state index contributed by atoms with van der Waals surface area (Å²) in [6.07, 6.45) is 0.284. The van der Waals surface area contributed by atoms with Gasteiger partial charge >= 0.3 is 0 Å². The molecule has 110 valence electrons. The quantitative estimate of drug-likeness (QED) is 0.734. The van der Waals surface area contributed by atoms with Crippen LogP contribution in [0.2, 0.25) is 0 Å². The van der Waals surface area contributed by atoms with Gasteiger partial charge in [-0.25, -0.2) is 17.2 Å². The Bertz CT molecular complexity index is 475. The van der Waals surface area contributed by atoms with Gasteiger partial charge in [-0.15, -0.1) is 0 Å². The molecule has 19 heavy (non-hydrogen) atoms. The second kappa shape index (κ2) is 5.13. The van der Waals surface area contributed by atoms with Crippen molar-refractivity contribution in [2.45, 2.75) is 57.1 Å². The van der Waals surface area contributed by atoms with Crippen molar-refractivity contribution in [1.29, 1.82) is 0 Å². The Hall–Kier alpha value is -0.490. The fourth-order valence-corrected chi connectivity index (χ4v) is 4.70. The fraction of sp³-hybridized carbons (Fsp3) is 0.846. The summed E-state index contributed by atoms with van der Waals surface area (Å²) in [4.78, 5) is 0. The molecule has 0 atom stereocenters. The third-order valence-electron chi connectivity index (χ3n) is 4.32. The number of hydrogen-bond donors (Lipinski definition) is 0. The van der Waals surface area contributed by atoms with Crippen LogP contribution in [-0.4, -0.2) is 37.0 Å². The first kappa shape index (κ1) is 14.9. The zero-order valence-corrected chi connectivity index (χ0v) is 12.3. The summed E-state index contributed by atoms with van der Waals surface area (Å²) in [5.74, 6) is -2.68. The summed E-state index contributed by atoms with van der Waals surface area (Å²) < 4.78 is 52.6. The summed E-state index contributed by atoms with van der Waals surface area (Å²) in [5.41, 5.74) is 2.32. The van der Waals surface area contributed by atoms with Gasteiger partial charge in [-0.2, -0.15) is 4.31 Å². The maximum atomic E-state index is 13.1. The molecule has 0 aromatic heterocycles. The summed E-state index contributed by atoms with van der Waals surface area (Å²) in [6, 6.07) is 0. The Morgan fingerprint density at radius 1 is 1.16 bits per heavy atom. The highest BCUT2D eigenvalue weighted by atomic mass is 32.2. The molecule has 0 aromatic carbocycles. The number of rotatable bonds is 2. The van der Waals surface area contributed by atoms with Crippen LogP contribution in [0.5, 0.6) is 0 Å². The summed E-state index contributed by atoms with van der Waals surface area (Å²) in [5, 5.41) is -0.627. The van der Waals surface area contributed by atoms with Gasteiger partial charge in [-0.05, 0) is 33.1 Å². The van der Waals surface area contributed by atoms with Crippen LogP contribution in [0.25, 0.3) is 0 Å². The first-order valence-electron chi connectivity index (χ1n) is 6.74. The molecule has 1 aliphatic carbocycles. The molecule has 1 heterocycles. The molecule has 2 rings (SSSR count). The monoisotopic (exact) mass is 293 g/mol.